The van der Waals surface area contributed by atoms with Gasteiger partial charge in [0.15, 0.2) is 11.9 Å². The van der Waals surface area contributed by atoms with Crippen LogP contribution in [0.15, 0.2) is 28.7 Å². The van der Waals surface area contributed by atoms with E-state index in [1.807, 2.05) is 18.6 Å². The number of ketones is 1. The Hall–Kier alpha value is -1.98. The Kier molecular flexibility index (Phi) is 9.74. The second-order valence-electron chi connectivity index (χ2n) is 6.93. The molecule has 0 saturated heterocycles. The summed E-state index contributed by atoms with van der Waals surface area (Å²) in [4.78, 5) is 36.4. The average molecular weight is 492 g/mol. The van der Waals surface area contributed by atoms with Crippen molar-refractivity contribution >= 4 is 49.6 Å². The molecule has 11 heteroatoms. The third kappa shape index (κ3) is 9.37. The van der Waals surface area contributed by atoms with Crippen LogP contribution in [0.2, 0.25) is 0 Å². The van der Waals surface area contributed by atoms with Gasteiger partial charge in [0.05, 0.1) is 0 Å². The molecule has 0 aliphatic rings. The van der Waals surface area contributed by atoms with Crippen LogP contribution in [0.1, 0.15) is 33.1 Å². The first-order valence-electron chi connectivity index (χ1n) is 8.89. The number of anilines is 1. The van der Waals surface area contributed by atoms with E-state index in [2.05, 4.69) is 21.2 Å². The van der Waals surface area contributed by atoms with Gasteiger partial charge in [-0.15, -0.1) is 0 Å². The zero-order valence-electron chi connectivity index (χ0n) is 16.8. The van der Waals surface area contributed by atoms with Crippen molar-refractivity contribution in [1.82, 2.24) is 9.03 Å². The molecular formula is C18H26BrN3O6S. The number of rotatable bonds is 10. The topological polar surface area (TPSA) is 122 Å². The summed E-state index contributed by atoms with van der Waals surface area (Å²) in [5, 5.41) is 2.54. The Morgan fingerprint density at radius 1 is 1.10 bits per heavy atom. The molecule has 0 aromatic heterocycles. The molecule has 0 unspecified atom stereocenters. The van der Waals surface area contributed by atoms with Crippen LogP contribution in [0.5, 0.6) is 0 Å². The smallest absolute Gasteiger partial charge is 0.412 e. The van der Waals surface area contributed by atoms with Crippen LogP contribution >= 0.6 is 15.9 Å². The fourth-order valence-corrected chi connectivity index (χ4v) is 3.00. The molecule has 0 heterocycles. The van der Waals surface area contributed by atoms with E-state index in [0.717, 1.165) is 8.78 Å². The first-order chi connectivity index (χ1) is 13.4. The van der Waals surface area contributed by atoms with E-state index < -0.39 is 34.1 Å². The standard InChI is InChI=1S/C18H26BrN3O6S/c1-12(2)11-16(28-18(25)20-14-7-5-13(19)6-8-14)15(23)9-10-17(24)21-29(26,27)22(3)4/h5-8,12,16H,9-11H2,1-4H3,(H,20,25)(H,21,24)/t16-/m0/s1. The van der Waals surface area contributed by atoms with Crippen LogP contribution in [0.3, 0.4) is 0 Å². The summed E-state index contributed by atoms with van der Waals surface area (Å²) in [6, 6.07) is 6.82. The highest BCUT2D eigenvalue weighted by atomic mass is 79.9. The molecule has 1 aromatic rings. The van der Waals surface area contributed by atoms with Crippen molar-refractivity contribution in [3.8, 4) is 0 Å². The lowest BCUT2D eigenvalue weighted by Gasteiger charge is -2.19. The van der Waals surface area contributed by atoms with Gasteiger partial charge in [0.1, 0.15) is 0 Å². The maximum Gasteiger partial charge on any atom is 0.412 e. The first kappa shape index (κ1) is 25.1. The highest BCUT2D eigenvalue weighted by molar-refractivity contribution is 9.10. The molecule has 9 nitrogen and oxygen atoms in total. The Bertz CT molecular complexity index is 825. The third-order valence-corrected chi connectivity index (χ3v) is 5.68. The number of halogens is 1. The molecule has 0 bridgehead atoms. The number of hydrogen-bond acceptors (Lipinski definition) is 6. The molecule has 0 aliphatic carbocycles. The molecule has 2 N–H and O–H groups in total. The molecule has 0 saturated carbocycles. The van der Waals surface area contributed by atoms with Crippen molar-refractivity contribution in [1.29, 1.82) is 0 Å². The molecule has 0 fully saturated rings. The quantitative estimate of drug-likeness (QED) is 0.518. The van der Waals surface area contributed by atoms with E-state index in [9.17, 15) is 22.8 Å². The van der Waals surface area contributed by atoms with E-state index in [-0.39, 0.29) is 25.2 Å². The molecular weight excluding hydrogens is 466 g/mol. The van der Waals surface area contributed by atoms with Gasteiger partial charge in [-0.3, -0.25) is 14.9 Å². The SMILES string of the molecule is CC(C)C[C@H](OC(=O)Nc1ccc(Br)cc1)C(=O)CCC(=O)NS(=O)(=O)N(C)C. The summed E-state index contributed by atoms with van der Waals surface area (Å²) >= 11 is 3.29. The molecule has 0 aliphatic heterocycles. The molecule has 0 spiro atoms. The predicted molar refractivity (Wildman–Crippen MR) is 112 cm³/mol. The number of carbonyl (C=O) groups excluding carboxylic acids is 3. The number of benzene rings is 1. The lowest BCUT2D eigenvalue weighted by Crippen LogP contribution is -2.40. The summed E-state index contributed by atoms with van der Waals surface area (Å²) in [7, 11) is -1.37. The molecule has 1 aromatic carbocycles. The molecule has 1 atom stereocenters. The number of amides is 2. The summed E-state index contributed by atoms with van der Waals surface area (Å²) in [5.41, 5.74) is 0.502. The number of carbonyl (C=O) groups is 3. The van der Waals surface area contributed by atoms with Gasteiger partial charge in [-0.1, -0.05) is 29.8 Å². The molecule has 162 valence electrons. The zero-order chi connectivity index (χ0) is 22.2. The van der Waals surface area contributed by atoms with Crippen LogP contribution in [-0.4, -0.2) is 50.7 Å². The summed E-state index contributed by atoms with van der Waals surface area (Å²) in [6.45, 7) is 3.74. The summed E-state index contributed by atoms with van der Waals surface area (Å²) in [6.07, 6.45) is -2.13. The minimum Gasteiger partial charge on any atom is -0.438 e. The van der Waals surface area contributed by atoms with E-state index in [0.29, 0.717) is 5.69 Å². The molecule has 0 radical (unpaired) electrons. The van der Waals surface area contributed by atoms with Crippen molar-refractivity contribution < 1.29 is 27.5 Å². The van der Waals surface area contributed by atoms with Crippen LogP contribution in [0.25, 0.3) is 0 Å². The van der Waals surface area contributed by atoms with Gasteiger partial charge < -0.3 is 4.74 Å². The van der Waals surface area contributed by atoms with Crippen molar-refractivity contribution in [2.45, 2.75) is 39.2 Å². The van der Waals surface area contributed by atoms with Crippen LogP contribution < -0.4 is 10.0 Å². The van der Waals surface area contributed by atoms with E-state index >= 15 is 0 Å². The lowest BCUT2D eigenvalue weighted by molar-refractivity contribution is -0.130. The second-order valence-corrected chi connectivity index (χ2v) is 9.73. The van der Waals surface area contributed by atoms with Crippen molar-refractivity contribution in [3.05, 3.63) is 28.7 Å². The summed E-state index contributed by atoms with van der Waals surface area (Å²) < 4.78 is 32.1. The predicted octanol–water partition coefficient (Wildman–Crippen LogP) is 2.68. The lowest BCUT2D eigenvalue weighted by atomic mass is 10.00. The Morgan fingerprint density at radius 2 is 1.69 bits per heavy atom. The number of nitrogens with zero attached hydrogens (tertiary/aromatic N) is 1. The van der Waals surface area contributed by atoms with E-state index in [1.54, 1.807) is 24.3 Å². The van der Waals surface area contributed by atoms with Crippen molar-refractivity contribution in [3.63, 3.8) is 0 Å². The van der Waals surface area contributed by atoms with Crippen LogP contribution in [0.4, 0.5) is 10.5 Å². The zero-order valence-corrected chi connectivity index (χ0v) is 19.2. The maximum absolute atomic E-state index is 12.5. The van der Waals surface area contributed by atoms with Gasteiger partial charge in [-0.05, 0) is 36.6 Å². The third-order valence-electron chi connectivity index (χ3n) is 3.71. The highest BCUT2D eigenvalue weighted by Gasteiger charge is 2.25. The van der Waals surface area contributed by atoms with Gasteiger partial charge in [0.2, 0.25) is 5.91 Å². The Labute approximate surface area is 179 Å². The Morgan fingerprint density at radius 3 is 2.21 bits per heavy atom. The summed E-state index contributed by atoms with van der Waals surface area (Å²) in [5.74, 6) is -1.20. The monoisotopic (exact) mass is 491 g/mol. The largest absolute Gasteiger partial charge is 0.438 e. The minimum atomic E-state index is -3.92. The van der Waals surface area contributed by atoms with Crippen LogP contribution in [0, 0.1) is 5.92 Å². The van der Waals surface area contributed by atoms with Crippen LogP contribution in [-0.2, 0) is 24.5 Å². The van der Waals surface area contributed by atoms with Gasteiger partial charge in [-0.2, -0.15) is 12.7 Å². The maximum atomic E-state index is 12.5. The molecule has 1 rings (SSSR count). The number of ether oxygens (including phenoxy) is 1. The molecule has 29 heavy (non-hydrogen) atoms. The number of hydrogen-bond donors (Lipinski definition) is 2. The Balaban J connectivity index is 2.66. The number of nitrogens with one attached hydrogen (secondary N) is 2. The van der Waals surface area contributed by atoms with Gasteiger partial charge in [-0.25, -0.2) is 9.52 Å². The molecule has 2 amide bonds. The average Bonchev–Trinajstić information content (AvgIpc) is 2.60. The van der Waals surface area contributed by atoms with Gasteiger partial charge >= 0.3 is 16.3 Å². The second kappa shape index (κ2) is 11.3. The minimum absolute atomic E-state index is 0.0624. The fourth-order valence-electron chi connectivity index (χ4n) is 2.17. The number of Topliss-reactive ketones (excluding diaryl/α,β-unsaturated/α-hetero) is 1. The van der Waals surface area contributed by atoms with E-state index in [4.69, 9.17) is 4.74 Å². The fraction of sp³-hybridized carbons (Fsp3) is 0.500. The van der Waals surface area contributed by atoms with Gasteiger partial charge in [0.25, 0.3) is 0 Å². The highest BCUT2D eigenvalue weighted by Crippen LogP contribution is 2.16. The van der Waals surface area contributed by atoms with E-state index in [1.165, 1.54) is 14.1 Å². The van der Waals surface area contributed by atoms with Crippen molar-refractivity contribution in [2.75, 3.05) is 19.4 Å². The van der Waals surface area contributed by atoms with Gasteiger partial charge in [0, 0.05) is 37.1 Å². The first-order valence-corrected chi connectivity index (χ1v) is 11.1. The van der Waals surface area contributed by atoms with Crippen molar-refractivity contribution in [2.24, 2.45) is 5.92 Å². The normalized spacial score (nSPS) is 12.5.